The first-order valence-corrected chi connectivity index (χ1v) is 6.05. The average Bonchev–Trinajstić information content (AvgIpc) is 2.39. The fourth-order valence-electron chi connectivity index (χ4n) is 1.54. The Morgan fingerprint density at radius 2 is 2.00 bits per heavy atom. The Kier molecular flexibility index (Phi) is 5.25. The Labute approximate surface area is 107 Å². The van der Waals surface area contributed by atoms with Crippen molar-refractivity contribution in [1.82, 2.24) is 5.32 Å². The number of hydrogen-bond acceptors (Lipinski definition) is 4. The molecule has 0 aliphatic carbocycles. The van der Waals surface area contributed by atoms with Crippen LogP contribution in [0.25, 0.3) is 0 Å². The van der Waals surface area contributed by atoms with Gasteiger partial charge in [0.15, 0.2) is 0 Å². The lowest BCUT2D eigenvalue weighted by Gasteiger charge is -2.25. The molecule has 18 heavy (non-hydrogen) atoms. The van der Waals surface area contributed by atoms with E-state index in [1.807, 2.05) is 13.8 Å². The molecule has 100 valence electrons. The van der Waals surface area contributed by atoms with Gasteiger partial charge in [0.25, 0.3) is 5.69 Å². The number of non-ortho nitro benzene ring substituents is 1. The van der Waals surface area contributed by atoms with E-state index in [1.165, 1.54) is 12.1 Å². The van der Waals surface area contributed by atoms with Gasteiger partial charge in [-0.25, -0.2) is 0 Å². The summed E-state index contributed by atoms with van der Waals surface area (Å²) >= 11 is 0. The molecule has 1 aromatic rings. The summed E-state index contributed by atoms with van der Waals surface area (Å²) in [7, 11) is 0. The van der Waals surface area contributed by atoms with Gasteiger partial charge < -0.3 is 10.4 Å². The highest BCUT2D eigenvalue weighted by atomic mass is 16.6. The molecule has 0 fully saturated rings. The molecule has 2 N–H and O–H groups in total. The summed E-state index contributed by atoms with van der Waals surface area (Å²) in [5, 5.41) is 23.0. The lowest BCUT2D eigenvalue weighted by atomic mass is 9.88. The first kappa shape index (κ1) is 14.6. The minimum absolute atomic E-state index is 0.104. The van der Waals surface area contributed by atoms with Crippen molar-refractivity contribution in [3.05, 3.63) is 39.9 Å². The van der Waals surface area contributed by atoms with Gasteiger partial charge in [-0.05, 0) is 12.0 Å². The minimum atomic E-state index is -0.406. The SMILES string of the molecule is CCC(C)(CO)CNCc1ccc([N+](=O)[O-])cc1. The van der Waals surface area contributed by atoms with Gasteiger partial charge >= 0.3 is 0 Å². The highest BCUT2D eigenvalue weighted by molar-refractivity contribution is 5.32. The molecule has 0 saturated heterocycles. The number of benzene rings is 1. The Balaban J connectivity index is 2.47. The molecular formula is C13H20N2O3. The molecule has 1 atom stereocenters. The van der Waals surface area contributed by atoms with Gasteiger partial charge in [-0.1, -0.05) is 26.0 Å². The van der Waals surface area contributed by atoms with Gasteiger partial charge in [-0.3, -0.25) is 10.1 Å². The molecule has 0 aliphatic heterocycles. The second-order valence-electron chi connectivity index (χ2n) is 4.85. The summed E-state index contributed by atoms with van der Waals surface area (Å²) in [5.41, 5.74) is 0.991. The number of hydrogen-bond donors (Lipinski definition) is 2. The van der Waals surface area contributed by atoms with Crippen LogP contribution in [-0.2, 0) is 6.54 Å². The molecule has 0 bridgehead atoms. The van der Waals surface area contributed by atoms with Crippen molar-refractivity contribution in [2.75, 3.05) is 13.2 Å². The zero-order chi connectivity index (χ0) is 13.6. The molecule has 0 aromatic heterocycles. The molecular weight excluding hydrogens is 232 g/mol. The summed E-state index contributed by atoms with van der Waals surface area (Å²) in [6.45, 7) is 5.58. The van der Waals surface area contributed by atoms with E-state index in [0.717, 1.165) is 18.5 Å². The van der Waals surface area contributed by atoms with Crippen molar-refractivity contribution in [1.29, 1.82) is 0 Å². The van der Waals surface area contributed by atoms with Crippen LogP contribution in [0.15, 0.2) is 24.3 Å². The summed E-state index contributed by atoms with van der Waals surface area (Å²) < 4.78 is 0. The van der Waals surface area contributed by atoms with Crippen LogP contribution in [0.5, 0.6) is 0 Å². The number of nitrogens with zero attached hydrogens (tertiary/aromatic N) is 1. The average molecular weight is 252 g/mol. The van der Waals surface area contributed by atoms with Crippen LogP contribution in [-0.4, -0.2) is 23.2 Å². The van der Waals surface area contributed by atoms with Crippen LogP contribution in [0, 0.1) is 15.5 Å². The van der Waals surface area contributed by atoms with E-state index < -0.39 is 4.92 Å². The topological polar surface area (TPSA) is 75.4 Å². The largest absolute Gasteiger partial charge is 0.396 e. The van der Waals surface area contributed by atoms with Crippen molar-refractivity contribution in [3.63, 3.8) is 0 Å². The molecule has 0 saturated carbocycles. The monoisotopic (exact) mass is 252 g/mol. The predicted octanol–water partition coefficient (Wildman–Crippen LogP) is 2.09. The molecule has 0 radical (unpaired) electrons. The third-order valence-electron chi connectivity index (χ3n) is 3.26. The Hall–Kier alpha value is -1.46. The van der Waals surface area contributed by atoms with Gasteiger partial charge in [0.1, 0.15) is 0 Å². The van der Waals surface area contributed by atoms with Crippen LogP contribution >= 0.6 is 0 Å². The first-order chi connectivity index (χ1) is 8.50. The summed E-state index contributed by atoms with van der Waals surface area (Å²) in [5.74, 6) is 0. The van der Waals surface area contributed by atoms with Crippen molar-refractivity contribution in [2.24, 2.45) is 5.41 Å². The lowest BCUT2D eigenvalue weighted by molar-refractivity contribution is -0.384. The number of rotatable bonds is 7. The standard InChI is InChI=1S/C13H20N2O3/c1-3-13(2,10-16)9-14-8-11-4-6-12(7-5-11)15(17)18/h4-7,14,16H,3,8-10H2,1-2H3. The molecule has 0 spiro atoms. The summed E-state index contributed by atoms with van der Waals surface area (Å²) in [4.78, 5) is 10.1. The molecule has 0 aliphatic rings. The molecule has 5 nitrogen and oxygen atoms in total. The van der Waals surface area contributed by atoms with Crippen LogP contribution < -0.4 is 5.32 Å². The van der Waals surface area contributed by atoms with E-state index in [1.54, 1.807) is 12.1 Å². The van der Waals surface area contributed by atoms with Crippen molar-refractivity contribution < 1.29 is 10.0 Å². The maximum Gasteiger partial charge on any atom is 0.269 e. The molecule has 1 unspecified atom stereocenters. The maximum absolute atomic E-state index is 10.5. The number of nitro benzene ring substituents is 1. The summed E-state index contributed by atoms with van der Waals surface area (Å²) in [6, 6.07) is 6.49. The number of nitro groups is 1. The molecule has 0 amide bonds. The normalized spacial score (nSPS) is 14.2. The van der Waals surface area contributed by atoms with E-state index in [4.69, 9.17) is 0 Å². The van der Waals surface area contributed by atoms with Gasteiger partial charge in [0.2, 0.25) is 0 Å². The third kappa shape index (κ3) is 4.09. The molecule has 1 rings (SSSR count). The van der Waals surface area contributed by atoms with Crippen LogP contribution in [0.1, 0.15) is 25.8 Å². The van der Waals surface area contributed by atoms with Gasteiger partial charge in [0.05, 0.1) is 4.92 Å². The third-order valence-corrected chi connectivity index (χ3v) is 3.26. The highest BCUT2D eigenvalue weighted by Crippen LogP contribution is 2.18. The van der Waals surface area contributed by atoms with Crippen LogP contribution in [0.4, 0.5) is 5.69 Å². The fourth-order valence-corrected chi connectivity index (χ4v) is 1.54. The van der Waals surface area contributed by atoms with Crippen molar-refractivity contribution in [2.45, 2.75) is 26.8 Å². The van der Waals surface area contributed by atoms with Gasteiger partial charge in [0, 0.05) is 37.2 Å². The van der Waals surface area contributed by atoms with E-state index >= 15 is 0 Å². The van der Waals surface area contributed by atoms with Crippen LogP contribution in [0.3, 0.4) is 0 Å². The second-order valence-corrected chi connectivity index (χ2v) is 4.85. The zero-order valence-electron chi connectivity index (χ0n) is 10.8. The maximum atomic E-state index is 10.5. The van der Waals surface area contributed by atoms with Crippen molar-refractivity contribution in [3.8, 4) is 0 Å². The fraction of sp³-hybridized carbons (Fsp3) is 0.538. The molecule has 1 aromatic carbocycles. The lowest BCUT2D eigenvalue weighted by Crippen LogP contribution is -2.34. The Morgan fingerprint density at radius 3 is 2.44 bits per heavy atom. The predicted molar refractivity (Wildman–Crippen MR) is 70.3 cm³/mol. The zero-order valence-corrected chi connectivity index (χ0v) is 10.8. The Bertz CT molecular complexity index is 386. The molecule has 5 heteroatoms. The van der Waals surface area contributed by atoms with Crippen molar-refractivity contribution >= 4 is 5.69 Å². The highest BCUT2D eigenvalue weighted by Gasteiger charge is 2.19. The number of aliphatic hydroxyl groups excluding tert-OH is 1. The quantitative estimate of drug-likeness (QED) is 0.575. The van der Waals surface area contributed by atoms with E-state index in [2.05, 4.69) is 5.32 Å². The number of aliphatic hydroxyl groups is 1. The first-order valence-electron chi connectivity index (χ1n) is 6.05. The minimum Gasteiger partial charge on any atom is -0.396 e. The Morgan fingerprint density at radius 1 is 1.39 bits per heavy atom. The van der Waals surface area contributed by atoms with Gasteiger partial charge in [-0.15, -0.1) is 0 Å². The van der Waals surface area contributed by atoms with E-state index in [9.17, 15) is 15.2 Å². The van der Waals surface area contributed by atoms with Gasteiger partial charge in [-0.2, -0.15) is 0 Å². The van der Waals surface area contributed by atoms with E-state index in [0.29, 0.717) is 6.54 Å². The van der Waals surface area contributed by atoms with E-state index in [-0.39, 0.29) is 17.7 Å². The molecule has 0 heterocycles. The smallest absolute Gasteiger partial charge is 0.269 e. The van der Waals surface area contributed by atoms with Crippen LogP contribution in [0.2, 0.25) is 0 Å². The summed E-state index contributed by atoms with van der Waals surface area (Å²) in [6.07, 6.45) is 0.900. The second kappa shape index (κ2) is 6.47. The number of nitrogens with one attached hydrogen (secondary N) is 1.